The van der Waals surface area contributed by atoms with E-state index in [0.29, 0.717) is 23.6 Å². The van der Waals surface area contributed by atoms with Crippen molar-refractivity contribution in [3.05, 3.63) is 59.2 Å². The minimum Gasteiger partial charge on any atom is -0.497 e. The second-order valence-electron chi connectivity index (χ2n) is 9.23. The van der Waals surface area contributed by atoms with Crippen LogP contribution in [-0.4, -0.2) is 30.1 Å². The summed E-state index contributed by atoms with van der Waals surface area (Å²) in [5.41, 5.74) is 3.88. The van der Waals surface area contributed by atoms with Crippen LogP contribution in [-0.2, 0) is 11.2 Å². The van der Waals surface area contributed by atoms with Crippen LogP contribution in [0.3, 0.4) is 0 Å². The van der Waals surface area contributed by atoms with Crippen molar-refractivity contribution in [1.29, 1.82) is 0 Å². The maximum atomic E-state index is 13.1. The number of carbonyl (C=O) groups is 2. The number of Topliss-reactive ketones (excluding diaryl/α,β-unsaturated/α-hetero) is 1. The number of ether oxygens (including phenoxy) is 1. The molecule has 0 bridgehead atoms. The number of nitrogens with one attached hydrogen (secondary N) is 1. The number of nitrogens with zero attached hydrogens (tertiary/aromatic N) is 1. The number of benzene rings is 2. The zero-order chi connectivity index (χ0) is 22.6. The molecule has 0 saturated heterocycles. The van der Waals surface area contributed by atoms with Gasteiger partial charge in [-0.15, -0.1) is 0 Å². The van der Waals surface area contributed by atoms with Gasteiger partial charge in [0.05, 0.1) is 24.8 Å². The summed E-state index contributed by atoms with van der Waals surface area (Å²) in [6.45, 7) is 8.35. The molecule has 2 aromatic carbocycles. The molecule has 0 aliphatic carbocycles. The Morgan fingerprint density at radius 3 is 2.65 bits per heavy atom. The third kappa shape index (κ3) is 6.03. The highest BCUT2D eigenvalue weighted by Crippen LogP contribution is 2.31. The van der Waals surface area contributed by atoms with Crippen molar-refractivity contribution in [2.75, 3.05) is 12.4 Å². The number of ketones is 1. The molecule has 1 aliphatic rings. The third-order valence-corrected chi connectivity index (χ3v) is 5.43. The van der Waals surface area contributed by atoms with E-state index >= 15 is 0 Å². The molecule has 1 N–H and O–H groups in total. The molecule has 1 amide bonds. The van der Waals surface area contributed by atoms with Gasteiger partial charge in [0.15, 0.2) is 5.78 Å². The summed E-state index contributed by atoms with van der Waals surface area (Å²) in [7, 11) is 1.64. The molecule has 0 radical (unpaired) electrons. The summed E-state index contributed by atoms with van der Waals surface area (Å²) in [6, 6.07) is 13.1. The van der Waals surface area contributed by atoms with E-state index in [-0.39, 0.29) is 23.7 Å². The van der Waals surface area contributed by atoms with Crippen LogP contribution in [0.1, 0.15) is 68.4 Å². The van der Waals surface area contributed by atoms with Crippen molar-refractivity contribution in [1.82, 2.24) is 0 Å². The van der Waals surface area contributed by atoms with Crippen molar-refractivity contribution < 1.29 is 14.3 Å². The number of amides is 1. The highest BCUT2D eigenvalue weighted by molar-refractivity contribution is 6.17. The molecule has 5 heteroatoms. The lowest BCUT2D eigenvalue weighted by Gasteiger charge is -2.29. The van der Waals surface area contributed by atoms with Crippen LogP contribution in [0.4, 0.5) is 5.69 Å². The van der Waals surface area contributed by atoms with Crippen LogP contribution in [0.15, 0.2) is 47.5 Å². The van der Waals surface area contributed by atoms with E-state index < -0.39 is 0 Å². The first-order valence-corrected chi connectivity index (χ1v) is 10.9. The van der Waals surface area contributed by atoms with Gasteiger partial charge in [0.25, 0.3) is 0 Å². The van der Waals surface area contributed by atoms with E-state index in [0.717, 1.165) is 29.9 Å². The number of methoxy groups -OCH3 is 1. The largest absolute Gasteiger partial charge is 0.497 e. The van der Waals surface area contributed by atoms with Crippen LogP contribution in [0.2, 0.25) is 0 Å². The summed E-state index contributed by atoms with van der Waals surface area (Å²) in [6.07, 6.45) is 2.33. The van der Waals surface area contributed by atoms with Crippen molar-refractivity contribution in [2.45, 2.75) is 58.9 Å². The quantitative estimate of drug-likeness (QED) is 0.576. The molecule has 0 fully saturated rings. The second-order valence-corrected chi connectivity index (χ2v) is 9.23. The van der Waals surface area contributed by atoms with Crippen LogP contribution < -0.4 is 10.1 Å². The van der Waals surface area contributed by atoms with Crippen LogP contribution >= 0.6 is 0 Å². The average Bonchev–Trinajstić information content (AvgIpc) is 2.71. The molecule has 0 spiro atoms. The average molecular weight is 421 g/mol. The molecule has 31 heavy (non-hydrogen) atoms. The van der Waals surface area contributed by atoms with E-state index in [2.05, 4.69) is 39.1 Å². The molecule has 164 valence electrons. The number of hydrogen-bond donors (Lipinski definition) is 1. The van der Waals surface area contributed by atoms with E-state index in [1.807, 2.05) is 18.2 Å². The van der Waals surface area contributed by atoms with E-state index in [1.54, 1.807) is 25.3 Å². The number of carbonyl (C=O) groups excluding carboxylic acids is 2. The molecule has 5 nitrogen and oxygen atoms in total. The molecule has 0 atom stereocenters. The van der Waals surface area contributed by atoms with Gasteiger partial charge in [0.2, 0.25) is 5.91 Å². The fourth-order valence-corrected chi connectivity index (χ4v) is 3.84. The molecule has 3 rings (SSSR count). The Morgan fingerprint density at radius 1 is 1.16 bits per heavy atom. The zero-order valence-corrected chi connectivity index (χ0v) is 19.1. The van der Waals surface area contributed by atoms with Crippen LogP contribution in [0, 0.1) is 5.92 Å². The lowest BCUT2D eigenvalue weighted by molar-refractivity contribution is -0.116. The molecular weight excluding hydrogens is 388 g/mol. The number of fused-ring (bicyclic) bond motifs is 1. The van der Waals surface area contributed by atoms with Crippen LogP contribution in [0.25, 0.3) is 0 Å². The monoisotopic (exact) mass is 420 g/mol. The summed E-state index contributed by atoms with van der Waals surface area (Å²) in [5.74, 6) is 1.17. The van der Waals surface area contributed by atoms with E-state index in [4.69, 9.17) is 9.73 Å². The van der Waals surface area contributed by atoms with E-state index in [1.165, 1.54) is 5.56 Å². The first kappa shape index (κ1) is 22.7. The van der Waals surface area contributed by atoms with Crippen LogP contribution in [0.5, 0.6) is 5.75 Å². The Balaban J connectivity index is 1.78. The molecule has 0 saturated carbocycles. The van der Waals surface area contributed by atoms with Gasteiger partial charge < -0.3 is 10.1 Å². The number of rotatable bonds is 8. The molecule has 0 unspecified atom stereocenters. The highest BCUT2D eigenvalue weighted by Gasteiger charge is 2.28. The molecule has 2 aromatic rings. The first-order chi connectivity index (χ1) is 14.7. The SMILES string of the molecule is COc1ccc2c(c1)C(CC(=O)c1cccc(NC(=O)CCC(C)C)c1)=NC(C)(C)C2. The Hall–Kier alpha value is -2.95. The Labute approximate surface area is 184 Å². The van der Waals surface area contributed by atoms with Gasteiger partial charge in [-0.05, 0) is 62.4 Å². The minimum absolute atomic E-state index is 0.0245. The third-order valence-electron chi connectivity index (χ3n) is 5.43. The molecule has 0 aromatic heterocycles. The fraction of sp³-hybridized carbons (Fsp3) is 0.423. The Bertz CT molecular complexity index is 1010. The van der Waals surface area contributed by atoms with Gasteiger partial charge in [0.1, 0.15) is 5.75 Å². The summed E-state index contributed by atoms with van der Waals surface area (Å²) >= 11 is 0. The van der Waals surface area contributed by atoms with Gasteiger partial charge in [-0.1, -0.05) is 32.0 Å². The number of anilines is 1. The van der Waals surface area contributed by atoms with Crippen molar-refractivity contribution in [3.63, 3.8) is 0 Å². The molecular formula is C26H32N2O3. The predicted octanol–water partition coefficient (Wildman–Crippen LogP) is 5.47. The minimum atomic E-state index is -0.260. The molecule has 1 heterocycles. The topological polar surface area (TPSA) is 67.8 Å². The van der Waals surface area contributed by atoms with Gasteiger partial charge in [-0.2, -0.15) is 0 Å². The summed E-state index contributed by atoms with van der Waals surface area (Å²) < 4.78 is 5.38. The Kier molecular flexibility index (Phi) is 6.94. The summed E-state index contributed by atoms with van der Waals surface area (Å²) in [5, 5.41) is 2.90. The van der Waals surface area contributed by atoms with E-state index in [9.17, 15) is 9.59 Å². The maximum Gasteiger partial charge on any atom is 0.224 e. The number of aliphatic imine (C=N–C) groups is 1. The Morgan fingerprint density at radius 2 is 1.94 bits per heavy atom. The molecule has 1 aliphatic heterocycles. The maximum absolute atomic E-state index is 13.1. The lowest BCUT2D eigenvalue weighted by atomic mass is 9.85. The van der Waals surface area contributed by atoms with Gasteiger partial charge in [-0.3, -0.25) is 14.6 Å². The van der Waals surface area contributed by atoms with Crippen molar-refractivity contribution in [3.8, 4) is 5.75 Å². The first-order valence-electron chi connectivity index (χ1n) is 10.9. The summed E-state index contributed by atoms with van der Waals surface area (Å²) in [4.78, 5) is 30.2. The smallest absolute Gasteiger partial charge is 0.224 e. The second kappa shape index (κ2) is 9.46. The van der Waals surface area contributed by atoms with Crippen molar-refractivity contribution in [2.24, 2.45) is 10.9 Å². The highest BCUT2D eigenvalue weighted by atomic mass is 16.5. The van der Waals surface area contributed by atoms with Crippen molar-refractivity contribution >= 4 is 23.1 Å². The standard InChI is InChI=1S/C26H32N2O3/c1-17(2)9-12-25(30)27-20-8-6-7-18(13-20)24(29)15-23-22-14-21(31-5)11-10-19(22)16-26(3,4)28-23/h6-8,10-11,13-14,17H,9,12,15-16H2,1-5H3,(H,27,30). The predicted molar refractivity (Wildman–Crippen MR) is 125 cm³/mol. The van der Waals surface area contributed by atoms with Gasteiger partial charge in [0, 0.05) is 23.2 Å². The lowest BCUT2D eigenvalue weighted by Crippen LogP contribution is -2.30. The van der Waals surface area contributed by atoms with Gasteiger partial charge >= 0.3 is 0 Å². The number of hydrogen-bond acceptors (Lipinski definition) is 4. The van der Waals surface area contributed by atoms with Gasteiger partial charge in [-0.25, -0.2) is 0 Å². The zero-order valence-electron chi connectivity index (χ0n) is 19.1. The fourth-order valence-electron chi connectivity index (χ4n) is 3.84. The normalized spacial score (nSPS) is 14.6.